The molecule has 0 aliphatic heterocycles. The number of benzene rings is 1. The smallest absolute Gasteiger partial charge is 0.277 e. The van der Waals surface area contributed by atoms with Gasteiger partial charge in [-0.15, -0.1) is 10.2 Å². The zero-order chi connectivity index (χ0) is 17.8. The SMILES string of the molecule is C[C@H](Sc1nnc(-c2cccnc2)o1)C(=O)Nc1cccc(Cl)c1Cl. The summed E-state index contributed by atoms with van der Waals surface area (Å²) in [7, 11) is 0. The first kappa shape index (κ1) is 17.7. The highest BCUT2D eigenvalue weighted by Gasteiger charge is 2.20. The Balaban J connectivity index is 1.66. The minimum absolute atomic E-state index is 0.254. The average Bonchev–Trinajstić information content (AvgIpc) is 3.08. The van der Waals surface area contributed by atoms with Crippen LogP contribution in [0.2, 0.25) is 10.0 Å². The monoisotopic (exact) mass is 394 g/mol. The van der Waals surface area contributed by atoms with Crippen LogP contribution in [0.15, 0.2) is 52.4 Å². The van der Waals surface area contributed by atoms with E-state index in [2.05, 4.69) is 20.5 Å². The zero-order valence-electron chi connectivity index (χ0n) is 12.9. The summed E-state index contributed by atoms with van der Waals surface area (Å²) in [6, 6.07) is 8.62. The van der Waals surface area contributed by atoms with Crippen LogP contribution < -0.4 is 5.32 Å². The number of amides is 1. The van der Waals surface area contributed by atoms with Crippen LogP contribution in [0.5, 0.6) is 0 Å². The van der Waals surface area contributed by atoms with Gasteiger partial charge in [-0.05, 0) is 31.2 Å². The Hall–Kier alpha value is -2.09. The van der Waals surface area contributed by atoms with Crippen molar-refractivity contribution in [3.05, 3.63) is 52.8 Å². The third kappa shape index (κ3) is 4.31. The molecule has 0 unspecified atom stereocenters. The van der Waals surface area contributed by atoms with E-state index in [1.165, 1.54) is 0 Å². The maximum absolute atomic E-state index is 12.3. The van der Waals surface area contributed by atoms with Crippen LogP contribution in [-0.4, -0.2) is 26.3 Å². The van der Waals surface area contributed by atoms with E-state index in [9.17, 15) is 4.79 Å². The van der Waals surface area contributed by atoms with Gasteiger partial charge in [0, 0.05) is 12.4 Å². The second-order valence-electron chi connectivity index (χ2n) is 4.97. The van der Waals surface area contributed by atoms with E-state index in [-0.39, 0.29) is 5.91 Å². The quantitative estimate of drug-likeness (QED) is 0.638. The minimum Gasteiger partial charge on any atom is -0.411 e. The fraction of sp³-hybridized carbons (Fsp3) is 0.125. The van der Waals surface area contributed by atoms with Crippen LogP contribution >= 0.6 is 35.0 Å². The molecule has 6 nitrogen and oxygen atoms in total. The third-order valence-corrected chi connectivity index (χ3v) is 4.92. The molecular formula is C16H12Cl2N4O2S. The molecule has 0 spiro atoms. The van der Waals surface area contributed by atoms with Crippen LogP contribution in [0.4, 0.5) is 5.69 Å². The van der Waals surface area contributed by atoms with Crippen LogP contribution in [0, 0.1) is 0 Å². The maximum atomic E-state index is 12.3. The second kappa shape index (κ2) is 7.86. The van der Waals surface area contributed by atoms with Gasteiger partial charge in [0.25, 0.3) is 5.22 Å². The lowest BCUT2D eigenvalue weighted by molar-refractivity contribution is -0.115. The summed E-state index contributed by atoms with van der Waals surface area (Å²) in [5, 5.41) is 11.1. The number of thioether (sulfide) groups is 1. The molecule has 0 saturated heterocycles. The standard InChI is InChI=1S/C16H12Cl2N4O2S/c1-9(14(23)20-12-6-2-5-11(17)13(12)18)25-16-22-21-15(24-16)10-4-3-7-19-8-10/h2-9H,1H3,(H,20,23)/t9-/m0/s1. The molecule has 1 atom stereocenters. The van der Waals surface area contributed by atoms with Gasteiger partial charge < -0.3 is 9.73 Å². The molecule has 0 aliphatic rings. The van der Waals surface area contributed by atoms with E-state index < -0.39 is 5.25 Å². The number of nitrogens with one attached hydrogen (secondary N) is 1. The predicted octanol–water partition coefficient (Wildman–Crippen LogP) is 4.56. The number of aromatic nitrogens is 3. The molecule has 2 heterocycles. The fourth-order valence-electron chi connectivity index (χ4n) is 1.90. The lowest BCUT2D eigenvalue weighted by atomic mass is 10.3. The molecule has 0 radical (unpaired) electrons. The molecule has 2 aromatic heterocycles. The van der Waals surface area contributed by atoms with E-state index >= 15 is 0 Å². The molecule has 9 heteroatoms. The summed E-state index contributed by atoms with van der Waals surface area (Å²) in [5.41, 5.74) is 1.16. The number of rotatable bonds is 5. The Kier molecular flexibility index (Phi) is 5.57. The summed E-state index contributed by atoms with van der Waals surface area (Å²) in [6.45, 7) is 1.73. The lowest BCUT2D eigenvalue weighted by Gasteiger charge is -2.11. The summed E-state index contributed by atoms with van der Waals surface area (Å²) in [6.07, 6.45) is 3.28. The Bertz CT molecular complexity index is 889. The van der Waals surface area contributed by atoms with Crippen molar-refractivity contribution >= 4 is 46.6 Å². The number of hydrogen-bond acceptors (Lipinski definition) is 6. The number of anilines is 1. The number of hydrogen-bond donors (Lipinski definition) is 1. The topological polar surface area (TPSA) is 80.9 Å². The van der Waals surface area contributed by atoms with Crippen molar-refractivity contribution in [2.45, 2.75) is 17.4 Å². The Morgan fingerprint density at radius 3 is 2.84 bits per heavy atom. The highest BCUT2D eigenvalue weighted by Crippen LogP contribution is 2.31. The minimum atomic E-state index is -0.475. The van der Waals surface area contributed by atoms with E-state index in [1.807, 2.05) is 6.07 Å². The van der Waals surface area contributed by atoms with E-state index in [0.29, 0.717) is 32.4 Å². The number of carbonyl (C=O) groups is 1. The van der Waals surface area contributed by atoms with Crippen LogP contribution in [0.25, 0.3) is 11.5 Å². The lowest BCUT2D eigenvalue weighted by Crippen LogP contribution is -2.22. The fourth-order valence-corrected chi connectivity index (χ4v) is 2.93. The van der Waals surface area contributed by atoms with Crippen molar-refractivity contribution in [1.82, 2.24) is 15.2 Å². The summed E-state index contributed by atoms with van der Waals surface area (Å²) in [5.74, 6) is 0.0939. The van der Waals surface area contributed by atoms with E-state index in [4.69, 9.17) is 27.6 Å². The van der Waals surface area contributed by atoms with Crippen LogP contribution in [-0.2, 0) is 4.79 Å². The van der Waals surface area contributed by atoms with Gasteiger partial charge in [-0.1, -0.05) is 41.0 Å². The van der Waals surface area contributed by atoms with Crippen molar-refractivity contribution in [3.8, 4) is 11.5 Å². The molecule has 3 aromatic rings. The van der Waals surface area contributed by atoms with Crippen LogP contribution in [0.1, 0.15) is 6.92 Å². The second-order valence-corrected chi connectivity index (χ2v) is 7.04. The first-order chi connectivity index (χ1) is 12.0. The van der Waals surface area contributed by atoms with Gasteiger partial charge in [0.2, 0.25) is 11.8 Å². The van der Waals surface area contributed by atoms with Gasteiger partial charge >= 0.3 is 0 Å². The zero-order valence-corrected chi connectivity index (χ0v) is 15.3. The van der Waals surface area contributed by atoms with Crippen molar-refractivity contribution in [2.24, 2.45) is 0 Å². The summed E-state index contributed by atoms with van der Waals surface area (Å²) >= 11 is 13.2. The van der Waals surface area contributed by atoms with Crippen molar-refractivity contribution in [3.63, 3.8) is 0 Å². The summed E-state index contributed by atoms with van der Waals surface area (Å²) < 4.78 is 5.56. The molecule has 3 rings (SSSR count). The highest BCUT2D eigenvalue weighted by atomic mass is 35.5. The summed E-state index contributed by atoms with van der Waals surface area (Å²) in [4.78, 5) is 16.3. The number of pyridine rings is 1. The van der Waals surface area contributed by atoms with Gasteiger partial charge in [-0.2, -0.15) is 0 Å². The van der Waals surface area contributed by atoms with Gasteiger partial charge in [-0.25, -0.2) is 0 Å². The molecule has 1 aromatic carbocycles. The van der Waals surface area contributed by atoms with Crippen LogP contribution in [0.3, 0.4) is 0 Å². The molecule has 0 saturated carbocycles. The first-order valence-corrected chi connectivity index (χ1v) is 8.83. The van der Waals surface area contributed by atoms with Gasteiger partial charge in [0.05, 0.1) is 26.5 Å². The molecule has 0 bridgehead atoms. The molecule has 0 fully saturated rings. The maximum Gasteiger partial charge on any atom is 0.277 e. The van der Waals surface area contributed by atoms with Crippen molar-refractivity contribution in [1.29, 1.82) is 0 Å². The molecule has 25 heavy (non-hydrogen) atoms. The van der Waals surface area contributed by atoms with Gasteiger partial charge in [-0.3, -0.25) is 9.78 Å². The van der Waals surface area contributed by atoms with E-state index in [1.54, 1.807) is 43.6 Å². The Morgan fingerprint density at radius 1 is 1.24 bits per heavy atom. The van der Waals surface area contributed by atoms with Crippen molar-refractivity contribution in [2.75, 3.05) is 5.32 Å². The predicted molar refractivity (Wildman–Crippen MR) is 97.9 cm³/mol. The molecule has 128 valence electrons. The van der Waals surface area contributed by atoms with Gasteiger partial charge in [0.1, 0.15) is 0 Å². The molecule has 0 aliphatic carbocycles. The third-order valence-electron chi connectivity index (χ3n) is 3.17. The highest BCUT2D eigenvalue weighted by molar-refractivity contribution is 8.00. The molecular weight excluding hydrogens is 383 g/mol. The Morgan fingerprint density at radius 2 is 2.08 bits per heavy atom. The number of nitrogens with zero attached hydrogens (tertiary/aromatic N) is 3. The number of carbonyl (C=O) groups excluding carboxylic acids is 1. The normalized spacial score (nSPS) is 12.0. The van der Waals surface area contributed by atoms with Gasteiger partial charge in [0.15, 0.2) is 0 Å². The Labute approximate surface area is 158 Å². The number of halogens is 2. The first-order valence-electron chi connectivity index (χ1n) is 7.20. The average molecular weight is 395 g/mol. The largest absolute Gasteiger partial charge is 0.411 e. The molecule has 1 amide bonds. The molecule has 1 N–H and O–H groups in total. The van der Waals surface area contributed by atoms with Crippen molar-refractivity contribution < 1.29 is 9.21 Å². The van der Waals surface area contributed by atoms with E-state index in [0.717, 1.165) is 11.8 Å².